The molecule has 0 aliphatic carbocycles. The number of carbonyl (C=O) groups is 7. The maximum absolute atomic E-state index is 14.7. The van der Waals surface area contributed by atoms with Gasteiger partial charge in [0.05, 0.1) is 38.9 Å². The van der Waals surface area contributed by atoms with Gasteiger partial charge in [0, 0.05) is 0 Å². The molecular formula is C68H56O18. The molecule has 8 aromatic rings. The Bertz CT molecular complexity index is 3560. The van der Waals surface area contributed by atoms with Crippen LogP contribution in [0.15, 0.2) is 237 Å². The highest BCUT2D eigenvalue weighted by Gasteiger charge is 2.59. The van der Waals surface area contributed by atoms with Gasteiger partial charge in [0.25, 0.3) is 0 Å². The van der Waals surface area contributed by atoms with Crippen LogP contribution < -0.4 is 4.74 Å². The van der Waals surface area contributed by atoms with E-state index in [2.05, 4.69) is 0 Å². The highest BCUT2D eigenvalue weighted by atomic mass is 16.8. The van der Waals surface area contributed by atoms with Crippen molar-refractivity contribution in [1.82, 2.24) is 0 Å². The van der Waals surface area contributed by atoms with Crippen molar-refractivity contribution in [2.45, 2.75) is 68.3 Å². The van der Waals surface area contributed by atoms with Crippen molar-refractivity contribution in [1.29, 1.82) is 0 Å². The molecular weight excluding hydrogens is 1100 g/mol. The molecule has 0 aromatic heterocycles. The molecule has 0 spiro atoms. The van der Waals surface area contributed by atoms with Crippen LogP contribution in [0, 0.1) is 6.92 Å². The molecule has 2 aliphatic rings. The summed E-state index contributed by atoms with van der Waals surface area (Å²) in [6, 6.07) is 61.8. The summed E-state index contributed by atoms with van der Waals surface area (Å²) in [5.74, 6) is -6.31. The molecule has 2 fully saturated rings. The Morgan fingerprint density at radius 1 is 0.302 bits per heavy atom. The molecule has 18 nitrogen and oxygen atoms in total. The van der Waals surface area contributed by atoms with Gasteiger partial charge in [-0.15, -0.1) is 0 Å². The van der Waals surface area contributed by atoms with Gasteiger partial charge in [-0.2, -0.15) is 0 Å². The Morgan fingerprint density at radius 3 is 0.919 bits per heavy atom. The summed E-state index contributed by atoms with van der Waals surface area (Å²) in [6.45, 7) is 0.421. The van der Waals surface area contributed by atoms with Crippen LogP contribution in [0.2, 0.25) is 0 Å². The van der Waals surface area contributed by atoms with Gasteiger partial charge in [0.2, 0.25) is 12.4 Å². The lowest BCUT2D eigenvalue weighted by Gasteiger charge is -2.48. The fraction of sp³-hybridized carbons (Fsp3) is 0.191. The second kappa shape index (κ2) is 28.3. The summed E-state index contributed by atoms with van der Waals surface area (Å²) in [5, 5.41) is 0. The zero-order valence-electron chi connectivity index (χ0n) is 46.1. The number of esters is 7. The summed E-state index contributed by atoms with van der Waals surface area (Å²) in [4.78, 5) is 101. The number of aryl methyl sites for hydroxylation is 1. The Labute approximate surface area is 493 Å². The lowest BCUT2D eigenvalue weighted by Crippen LogP contribution is -2.67. The van der Waals surface area contributed by atoms with Crippen LogP contribution in [0.1, 0.15) is 78.1 Å². The summed E-state index contributed by atoms with van der Waals surface area (Å²) in [5.41, 5.74) is 1.31. The van der Waals surface area contributed by atoms with Gasteiger partial charge in [-0.25, -0.2) is 33.6 Å². The lowest BCUT2D eigenvalue weighted by atomic mass is 9.95. The van der Waals surface area contributed by atoms with Gasteiger partial charge in [-0.1, -0.05) is 145 Å². The number of rotatable bonds is 20. The van der Waals surface area contributed by atoms with E-state index in [1.165, 1.54) is 84.9 Å². The molecule has 0 saturated carbocycles. The van der Waals surface area contributed by atoms with Crippen molar-refractivity contribution >= 4 is 41.8 Å². The number of benzene rings is 8. The van der Waals surface area contributed by atoms with Gasteiger partial charge in [-0.3, -0.25) is 0 Å². The third kappa shape index (κ3) is 14.9. The van der Waals surface area contributed by atoms with Gasteiger partial charge in [0.1, 0.15) is 37.3 Å². The van der Waals surface area contributed by atoms with Crippen LogP contribution >= 0.6 is 0 Å². The summed E-state index contributed by atoms with van der Waals surface area (Å²) in [7, 11) is 0. The summed E-state index contributed by atoms with van der Waals surface area (Å²) in [6.07, 6.45) is -18.2. The predicted octanol–water partition coefficient (Wildman–Crippen LogP) is 10.1. The van der Waals surface area contributed by atoms with Crippen molar-refractivity contribution in [3.05, 3.63) is 281 Å². The first-order valence-corrected chi connectivity index (χ1v) is 27.4. The maximum atomic E-state index is 14.7. The minimum Gasteiger partial charge on any atom is -0.461 e. The Kier molecular flexibility index (Phi) is 19.4. The topological polar surface area (TPSA) is 221 Å². The zero-order chi connectivity index (χ0) is 59.8. The number of hydrogen-bond acceptors (Lipinski definition) is 18. The van der Waals surface area contributed by atoms with Gasteiger partial charge < -0.3 is 52.1 Å². The first kappa shape index (κ1) is 58.9. The highest BCUT2D eigenvalue weighted by Crippen LogP contribution is 2.38. The van der Waals surface area contributed by atoms with Crippen molar-refractivity contribution in [2.75, 3.05) is 13.2 Å². The third-order valence-electron chi connectivity index (χ3n) is 13.8. The van der Waals surface area contributed by atoms with E-state index < -0.39 is 116 Å². The Balaban J connectivity index is 1.14. The van der Waals surface area contributed by atoms with Crippen LogP contribution in [0.3, 0.4) is 0 Å². The van der Waals surface area contributed by atoms with E-state index in [-0.39, 0.29) is 44.7 Å². The minimum absolute atomic E-state index is 0.00137. The second-order valence-corrected chi connectivity index (χ2v) is 19.7. The Hall–Kier alpha value is -10.3. The molecule has 0 amide bonds. The largest absolute Gasteiger partial charge is 0.461 e. The normalized spacial score (nSPS) is 21.5. The number of hydrogen-bond donors (Lipinski definition) is 0. The molecule has 86 heavy (non-hydrogen) atoms. The molecule has 8 aromatic carbocycles. The Morgan fingerprint density at radius 2 is 0.570 bits per heavy atom. The number of ether oxygens (including phenoxy) is 11. The summed E-state index contributed by atoms with van der Waals surface area (Å²) < 4.78 is 70.8. The average Bonchev–Trinajstić information content (AvgIpc) is 2.29. The first-order chi connectivity index (χ1) is 41.9. The molecule has 10 rings (SSSR count). The lowest BCUT2D eigenvalue weighted by molar-refractivity contribution is -0.349. The maximum Gasteiger partial charge on any atom is 0.338 e. The monoisotopic (exact) mass is 1160 g/mol. The quantitative estimate of drug-likeness (QED) is 0.0511. The minimum atomic E-state index is -2.07. The SMILES string of the molecule is Cc1ccc(O[C@@H]2O[C@H](COC(=O)c3ccccc3)[C@@H](O[C@@H]3O[C@H](COC(=O)c4ccccc4)[C@H](OC(=O)c4ccccc4)[C@H](OC(=O)c4ccccc4)[C@H]3OC(=O)c3ccccc3)[C@H](OC(=O)c3ccccc3)[C@H]2OC(=O)c2ccccc2)cc1. The van der Waals surface area contributed by atoms with E-state index in [0.717, 1.165) is 5.56 Å². The fourth-order valence-corrected chi connectivity index (χ4v) is 9.42. The fourth-order valence-electron chi connectivity index (χ4n) is 9.42. The van der Waals surface area contributed by atoms with E-state index in [4.69, 9.17) is 52.1 Å². The summed E-state index contributed by atoms with van der Waals surface area (Å²) >= 11 is 0. The van der Waals surface area contributed by atoms with Gasteiger partial charge in [0.15, 0.2) is 30.7 Å². The molecule has 0 bridgehead atoms. The molecule has 10 atom stereocenters. The second-order valence-electron chi connectivity index (χ2n) is 19.7. The van der Waals surface area contributed by atoms with E-state index in [1.807, 2.05) is 6.92 Å². The van der Waals surface area contributed by atoms with E-state index in [9.17, 15) is 33.6 Å². The van der Waals surface area contributed by atoms with E-state index in [0.29, 0.717) is 0 Å². The molecule has 0 unspecified atom stereocenters. The highest BCUT2D eigenvalue weighted by molar-refractivity contribution is 5.93. The molecule has 0 N–H and O–H groups in total. The van der Waals surface area contributed by atoms with Gasteiger partial charge in [-0.05, 0) is 104 Å². The van der Waals surface area contributed by atoms with Crippen LogP contribution in [0.5, 0.6) is 5.75 Å². The van der Waals surface area contributed by atoms with E-state index >= 15 is 0 Å². The molecule has 2 heterocycles. The molecule has 2 saturated heterocycles. The predicted molar refractivity (Wildman–Crippen MR) is 306 cm³/mol. The molecule has 0 radical (unpaired) electrons. The molecule has 2 aliphatic heterocycles. The van der Waals surface area contributed by atoms with Gasteiger partial charge >= 0.3 is 41.8 Å². The zero-order valence-corrected chi connectivity index (χ0v) is 46.1. The molecule has 436 valence electrons. The van der Waals surface area contributed by atoms with Crippen molar-refractivity contribution in [2.24, 2.45) is 0 Å². The average molecular weight is 1160 g/mol. The van der Waals surface area contributed by atoms with Crippen LogP contribution in [0.4, 0.5) is 0 Å². The third-order valence-corrected chi connectivity index (χ3v) is 13.8. The van der Waals surface area contributed by atoms with Crippen LogP contribution in [-0.4, -0.2) is 116 Å². The van der Waals surface area contributed by atoms with Crippen LogP contribution in [-0.2, 0) is 47.4 Å². The van der Waals surface area contributed by atoms with Crippen molar-refractivity contribution < 1.29 is 85.7 Å². The standard InChI is InChI=1S/C68H56O18/c1-43-37-39-51(40-38-43)78-67-58(84-65(74)49-33-19-7-20-34-49)57(83-64(73)48-31-17-6-18-32-48)55(53(79-67)42-77-61(70)45-25-11-3-12-26-45)86-68-59(85-66(75)50-35-21-8-22-36-50)56(82-63(72)47-29-15-5-16-30-47)54(81-62(71)46-27-13-4-14-28-46)52(80-68)41-76-60(69)44-23-9-2-10-24-44/h2-40,52-59,67-68H,41-42H2,1H3/t52-,53-,54+,55-,56+,57+,58-,59-,67-,68+/m1/s1. The first-order valence-electron chi connectivity index (χ1n) is 27.4. The van der Waals surface area contributed by atoms with Crippen LogP contribution in [0.25, 0.3) is 0 Å². The van der Waals surface area contributed by atoms with E-state index in [1.54, 1.807) is 152 Å². The smallest absolute Gasteiger partial charge is 0.338 e. The van der Waals surface area contributed by atoms with Crippen molar-refractivity contribution in [3.8, 4) is 5.75 Å². The molecule has 18 heteroatoms. The van der Waals surface area contributed by atoms with Crippen molar-refractivity contribution in [3.63, 3.8) is 0 Å². The number of carbonyl (C=O) groups excluding carboxylic acids is 7.